The summed E-state index contributed by atoms with van der Waals surface area (Å²) in [7, 11) is -4.18. The van der Waals surface area contributed by atoms with Crippen LogP contribution in [0.2, 0.25) is 0 Å². The van der Waals surface area contributed by atoms with Crippen LogP contribution < -0.4 is 19.5 Å². The van der Waals surface area contributed by atoms with Gasteiger partial charge in [0.2, 0.25) is 6.79 Å². The molecule has 0 fully saturated rings. The molecule has 182 valence electrons. The van der Waals surface area contributed by atoms with Gasteiger partial charge in [0, 0.05) is 12.2 Å². The third-order valence-electron chi connectivity index (χ3n) is 4.84. The lowest BCUT2D eigenvalue weighted by atomic mass is 10.2. The van der Waals surface area contributed by atoms with Crippen LogP contribution >= 0.6 is 0 Å². The Balaban J connectivity index is 1.27. The standard InChI is InChI=1S/C23H18F2N2O7S/c24-18-7-6-17(10-19(18)25)35(30,31)27-16-4-2-15(3-5-16)23(29)32-12-22(28)26-11-14-1-8-20-21(9-14)34-13-33-20/h1-10,27H,11-13H2,(H,26,28). The van der Waals surface area contributed by atoms with Crippen molar-refractivity contribution in [2.75, 3.05) is 18.1 Å². The van der Waals surface area contributed by atoms with Gasteiger partial charge in [-0.15, -0.1) is 0 Å². The number of benzene rings is 3. The number of fused-ring (bicyclic) bond motifs is 1. The zero-order valence-electron chi connectivity index (χ0n) is 17.9. The highest BCUT2D eigenvalue weighted by molar-refractivity contribution is 7.92. The predicted octanol–water partition coefficient (Wildman–Crippen LogP) is 2.97. The molecule has 1 heterocycles. The Bertz CT molecular complexity index is 1380. The first-order valence-electron chi connectivity index (χ1n) is 10.1. The van der Waals surface area contributed by atoms with Gasteiger partial charge in [-0.25, -0.2) is 22.0 Å². The maximum Gasteiger partial charge on any atom is 0.338 e. The number of carbonyl (C=O) groups excluding carboxylic acids is 2. The second-order valence-electron chi connectivity index (χ2n) is 7.30. The molecule has 3 aromatic carbocycles. The second kappa shape index (κ2) is 9.97. The van der Waals surface area contributed by atoms with Crippen molar-refractivity contribution in [2.24, 2.45) is 0 Å². The summed E-state index contributed by atoms with van der Waals surface area (Å²) < 4.78 is 68.7. The Morgan fingerprint density at radius 1 is 0.914 bits per heavy atom. The van der Waals surface area contributed by atoms with Gasteiger partial charge in [0.25, 0.3) is 15.9 Å². The van der Waals surface area contributed by atoms with Crippen molar-refractivity contribution in [1.29, 1.82) is 0 Å². The molecule has 9 nitrogen and oxygen atoms in total. The van der Waals surface area contributed by atoms with Crippen LogP contribution in [0.3, 0.4) is 0 Å². The summed E-state index contributed by atoms with van der Waals surface area (Å²) in [6.07, 6.45) is 0. The van der Waals surface area contributed by atoms with E-state index in [4.69, 9.17) is 14.2 Å². The minimum atomic E-state index is -4.18. The third-order valence-corrected chi connectivity index (χ3v) is 6.21. The number of hydrogen-bond donors (Lipinski definition) is 2. The van der Waals surface area contributed by atoms with Gasteiger partial charge in [-0.1, -0.05) is 6.07 Å². The van der Waals surface area contributed by atoms with Crippen LogP contribution in [0.4, 0.5) is 14.5 Å². The molecule has 2 N–H and O–H groups in total. The molecule has 1 aliphatic heterocycles. The third kappa shape index (κ3) is 5.84. The lowest BCUT2D eigenvalue weighted by Gasteiger charge is -2.10. The Labute approximate surface area is 198 Å². The summed E-state index contributed by atoms with van der Waals surface area (Å²) in [5.74, 6) is -2.58. The predicted molar refractivity (Wildman–Crippen MR) is 118 cm³/mol. The molecule has 0 aromatic heterocycles. The first-order valence-corrected chi connectivity index (χ1v) is 11.6. The van der Waals surface area contributed by atoms with E-state index in [1.165, 1.54) is 24.3 Å². The lowest BCUT2D eigenvalue weighted by Crippen LogP contribution is -2.28. The number of amides is 1. The van der Waals surface area contributed by atoms with Crippen LogP contribution in [0.15, 0.2) is 65.6 Å². The van der Waals surface area contributed by atoms with E-state index < -0.39 is 45.0 Å². The zero-order chi connectivity index (χ0) is 25.0. The molecule has 0 radical (unpaired) electrons. The highest BCUT2D eigenvalue weighted by Gasteiger charge is 2.18. The smallest absolute Gasteiger partial charge is 0.338 e. The highest BCUT2D eigenvalue weighted by atomic mass is 32.2. The molecule has 0 aliphatic carbocycles. The number of sulfonamides is 1. The fourth-order valence-corrected chi connectivity index (χ4v) is 4.12. The van der Waals surface area contributed by atoms with E-state index in [-0.39, 0.29) is 24.6 Å². The van der Waals surface area contributed by atoms with Crippen molar-refractivity contribution in [3.05, 3.63) is 83.4 Å². The average molecular weight is 504 g/mol. The molecule has 3 aromatic rings. The maximum atomic E-state index is 13.3. The summed E-state index contributed by atoms with van der Waals surface area (Å²) in [6.45, 7) is -0.185. The number of anilines is 1. The molecule has 12 heteroatoms. The Kier molecular flexibility index (Phi) is 6.82. The van der Waals surface area contributed by atoms with Crippen molar-refractivity contribution in [2.45, 2.75) is 11.4 Å². The molecule has 1 aliphatic rings. The molecule has 1 amide bonds. The van der Waals surface area contributed by atoms with Crippen LogP contribution in [0, 0.1) is 11.6 Å². The fraction of sp³-hybridized carbons (Fsp3) is 0.130. The zero-order valence-corrected chi connectivity index (χ0v) is 18.7. The summed E-state index contributed by atoms with van der Waals surface area (Å²) >= 11 is 0. The summed E-state index contributed by atoms with van der Waals surface area (Å²) in [5.41, 5.74) is 0.924. The number of rotatable bonds is 8. The Morgan fingerprint density at radius 3 is 2.40 bits per heavy atom. The van der Waals surface area contributed by atoms with Crippen molar-refractivity contribution >= 4 is 27.6 Å². The topological polar surface area (TPSA) is 120 Å². The van der Waals surface area contributed by atoms with Crippen LogP contribution in [-0.2, 0) is 26.1 Å². The van der Waals surface area contributed by atoms with Gasteiger partial charge in [0.05, 0.1) is 10.5 Å². The van der Waals surface area contributed by atoms with Gasteiger partial charge in [0.15, 0.2) is 29.7 Å². The van der Waals surface area contributed by atoms with Crippen LogP contribution in [-0.4, -0.2) is 33.7 Å². The van der Waals surface area contributed by atoms with Crippen molar-refractivity contribution in [1.82, 2.24) is 5.32 Å². The van der Waals surface area contributed by atoms with Crippen LogP contribution in [0.1, 0.15) is 15.9 Å². The maximum absolute atomic E-state index is 13.3. The number of carbonyl (C=O) groups is 2. The lowest BCUT2D eigenvalue weighted by molar-refractivity contribution is -0.124. The molecule has 0 unspecified atom stereocenters. The Hall–Kier alpha value is -4.19. The number of halogens is 2. The van der Waals surface area contributed by atoms with Gasteiger partial charge in [0.1, 0.15) is 0 Å². The molecule has 35 heavy (non-hydrogen) atoms. The van der Waals surface area contributed by atoms with E-state index in [0.717, 1.165) is 11.6 Å². The molecule has 0 saturated carbocycles. The number of hydrogen-bond acceptors (Lipinski definition) is 7. The molecular weight excluding hydrogens is 486 g/mol. The van der Waals surface area contributed by atoms with E-state index in [1.54, 1.807) is 18.2 Å². The van der Waals surface area contributed by atoms with E-state index in [1.807, 2.05) is 0 Å². The van der Waals surface area contributed by atoms with Gasteiger partial charge in [-0.05, 0) is 60.2 Å². The fourth-order valence-electron chi connectivity index (χ4n) is 3.05. The minimum Gasteiger partial charge on any atom is -0.454 e. The summed E-state index contributed by atoms with van der Waals surface area (Å²) in [6, 6.07) is 12.6. The SMILES string of the molecule is O=C(COC(=O)c1ccc(NS(=O)(=O)c2ccc(F)c(F)c2)cc1)NCc1ccc2c(c1)OCO2. The van der Waals surface area contributed by atoms with Crippen molar-refractivity contribution in [3.8, 4) is 11.5 Å². The average Bonchev–Trinajstić information content (AvgIpc) is 3.31. The molecule has 0 saturated heterocycles. The van der Waals surface area contributed by atoms with Crippen molar-refractivity contribution in [3.63, 3.8) is 0 Å². The number of ether oxygens (including phenoxy) is 3. The normalized spacial score (nSPS) is 12.2. The Morgan fingerprint density at radius 2 is 1.66 bits per heavy atom. The molecule has 0 spiro atoms. The second-order valence-corrected chi connectivity index (χ2v) is 8.98. The van der Waals surface area contributed by atoms with Gasteiger partial charge < -0.3 is 19.5 Å². The molecule has 4 rings (SSSR count). The molecular formula is C23H18F2N2O7S. The van der Waals surface area contributed by atoms with Gasteiger partial charge >= 0.3 is 5.97 Å². The first kappa shape index (κ1) is 24.0. The minimum absolute atomic E-state index is 0.0735. The van der Waals surface area contributed by atoms with E-state index in [0.29, 0.717) is 23.6 Å². The number of nitrogens with one attached hydrogen (secondary N) is 2. The molecule has 0 bridgehead atoms. The van der Waals surface area contributed by atoms with E-state index in [9.17, 15) is 26.8 Å². The highest BCUT2D eigenvalue weighted by Crippen LogP contribution is 2.32. The van der Waals surface area contributed by atoms with Crippen molar-refractivity contribution < 1.29 is 41.0 Å². The number of esters is 1. The largest absolute Gasteiger partial charge is 0.454 e. The first-order chi connectivity index (χ1) is 16.7. The van der Waals surface area contributed by atoms with Crippen LogP contribution in [0.5, 0.6) is 11.5 Å². The van der Waals surface area contributed by atoms with Crippen LogP contribution in [0.25, 0.3) is 0 Å². The van der Waals surface area contributed by atoms with Gasteiger partial charge in [-0.3, -0.25) is 9.52 Å². The van der Waals surface area contributed by atoms with Gasteiger partial charge in [-0.2, -0.15) is 0 Å². The van der Waals surface area contributed by atoms with E-state index >= 15 is 0 Å². The van der Waals surface area contributed by atoms with E-state index in [2.05, 4.69) is 10.0 Å². The summed E-state index contributed by atoms with van der Waals surface area (Å²) in [4.78, 5) is 23.7. The monoisotopic (exact) mass is 504 g/mol. The molecule has 0 atom stereocenters. The quantitative estimate of drug-likeness (QED) is 0.453. The summed E-state index contributed by atoms with van der Waals surface area (Å²) in [5, 5.41) is 2.62.